The van der Waals surface area contributed by atoms with E-state index >= 15 is 0 Å². The number of carbonyl (C=O) groups excluding carboxylic acids is 1. The fourth-order valence-electron chi connectivity index (χ4n) is 2.69. The van der Waals surface area contributed by atoms with Crippen LogP contribution in [0.1, 0.15) is 32.1 Å². The highest BCUT2D eigenvalue weighted by molar-refractivity contribution is 6.06. The van der Waals surface area contributed by atoms with Crippen molar-refractivity contribution in [1.29, 1.82) is 0 Å². The Labute approximate surface area is 121 Å². The molecule has 2 aromatic rings. The second-order valence-electron chi connectivity index (χ2n) is 5.15. The average molecular weight is 285 g/mol. The molecule has 0 atom stereocenters. The number of nitrogens with zero attached hydrogens (tertiary/aromatic N) is 3. The number of amides is 1. The van der Waals surface area contributed by atoms with Crippen molar-refractivity contribution in [2.24, 2.45) is 7.05 Å². The zero-order valence-electron chi connectivity index (χ0n) is 11.8. The van der Waals surface area contributed by atoms with E-state index in [1.807, 2.05) is 6.92 Å². The summed E-state index contributed by atoms with van der Waals surface area (Å²) in [7, 11) is 1.74. The van der Waals surface area contributed by atoms with Crippen molar-refractivity contribution in [3.05, 3.63) is 46.8 Å². The highest BCUT2D eigenvalue weighted by Crippen LogP contribution is 2.30. The van der Waals surface area contributed by atoms with Gasteiger partial charge in [-0.25, -0.2) is 4.79 Å². The van der Waals surface area contributed by atoms with Gasteiger partial charge in [-0.15, -0.1) is 0 Å². The maximum atomic E-state index is 12.6. The highest BCUT2D eigenvalue weighted by atomic mass is 16.4. The minimum Gasteiger partial charge on any atom is -0.478 e. The van der Waals surface area contributed by atoms with Crippen molar-refractivity contribution in [3.8, 4) is 0 Å². The molecular formula is C15H15N3O3. The Balaban J connectivity index is 1.96. The molecule has 108 valence electrons. The molecule has 6 heteroatoms. The third-order valence-corrected chi connectivity index (χ3v) is 3.69. The van der Waals surface area contributed by atoms with Gasteiger partial charge in [-0.1, -0.05) is 0 Å². The van der Waals surface area contributed by atoms with Crippen LogP contribution in [0.2, 0.25) is 0 Å². The van der Waals surface area contributed by atoms with Gasteiger partial charge in [-0.3, -0.25) is 9.48 Å². The van der Waals surface area contributed by atoms with Crippen LogP contribution >= 0.6 is 0 Å². The Morgan fingerprint density at radius 2 is 2.05 bits per heavy atom. The SMILES string of the molecule is Cc1cc(C(=O)N2CCc3cc(C(=O)O)ccc32)n(C)n1. The summed E-state index contributed by atoms with van der Waals surface area (Å²) in [6.45, 7) is 2.40. The molecular weight excluding hydrogens is 270 g/mol. The second kappa shape index (κ2) is 4.73. The van der Waals surface area contributed by atoms with Crippen molar-refractivity contribution in [2.75, 3.05) is 11.4 Å². The predicted molar refractivity (Wildman–Crippen MR) is 76.7 cm³/mol. The number of carboxylic acid groups (broad SMARTS) is 1. The Morgan fingerprint density at radius 1 is 1.29 bits per heavy atom. The monoisotopic (exact) mass is 285 g/mol. The van der Waals surface area contributed by atoms with E-state index in [9.17, 15) is 9.59 Å². The molecule has 1 N–H and O–H groups in total. The Morgan fingerprint density at radius 3 is 2.67 bits per heavy atom. The molecule has 0 bridgehead atoms. The molecule has 0 unspecified atom stereocenters. The first-order valence-electron chi connectivity index (χ1n) is 6.66. The number of hydrogen-bond donors (Lipinski definition) is 1. The van der Waals surface area contributed by atoms with E-state index in [2.05, 4.69) is 5.10 Å². The number of carboxylic acids is 1. The van der Waals surface area contributed by atoms with Gasteiger partial charge in [0.15, 0.2) is 0 Å². The van der Waals surface area contributed by atoms with E-state index in [1.54, 1.807) is 34.8 Å². The third kappa shape index (κ3) is 2.18. The molecule has 1 aliphatic rings. The van der Waals surface area contributed by atoms with Crippen molar-refractivity contribution in [1.82, 2.24) is 9.78 Å². The molecule has 1 aromatic carbocycles. The molecule has 0 fully saturated rings. The largest absolute Gasteiger partial charge is 0.478 e. The Kier molecular flexibility index (Phi) is 3.01. The summed E-state index contributed by atoms with van der Waals surface area (Å²) < 4.78 is 1.57. The van der Waals surface area contributed by atoms with Crippen LogP contribution in [-0.4, -0.2) is 33.3 Å². The Bertz CT molecular complexity index is 749. The van der Waals surface area contributed by atoms with Crippen LogP contribution in [0.4, 0.5) is 5.69 Å². The molecule has 0 saturated heterocycles. The van der Waals surface area contributed by atoms with E-state index in [0.29, 0.717) is 18.7 Å². The number of aromatic nitrogens is 2. The summed E-state index contributed by atoms with van der Waals surface area (Å²) in [5.41, 5.74) is 3.24. The number of aromatic carboxylic acids is 1. The lowest BCUT2D eigenvalue weighted by Crippen LogP contribution is -2.30. The van der Waals surface area contributed by atoms with Gasteiger partial charge in [0.25, 0.3) is 5.91 Å². The van der Waals surface area contributed by atoms with E-state index in [4.69, 9.17) is 5.11 Å². The first-order chi connectivity index (χ1) is 9.97. The summed E-state index contributed by atoms with van der Waals surface area (Å²) in [5, 5.41) is 13.2. The van der Waals surface area contributed by atoms with Crippen LogP contribution < -0.4 is 4.90 Å². The number of carbonyl (C=O) groups is 2. The van der Waals surface area contributed by atoms with Gasteiger partial charge in [0.05, 0.1) is 11.3 Å². The zero-order valence-corrected chi connectivity index (χ0v) is 11.8. The minimum atomic E-state index is -0.954. The number of fused-ring (bicyclic) bond motifs is 1. The van der Waals surface area contributed by atoms with Crippen molar-refractivity contribution >= 4 is 17.6 Å². The summed E-state index contributed by atoms with van der Waals surface area (Å²) in [6, 6.07) is 6.62. The Hall–Kier alpha value is -2.63. The summed E-state index contributed by atoms with van der Waals surface area (Å²) in [4.78, 5) is 25.3. The number of rotatable bonds is 2. The average Bonchev–Trinajstić information content (AvgIpc) is 3.00. The van der Waals surface area contributed by atoms with Crippen molar-refractivity contribution in [3.63, 3.8) is 0 Å². The van der Waals surface area contributed by atoms with Gasteiger partial charge >= 0.3 is 5.97 Å². The molecule has 3 rings (SSSR count). The number of hydrogen-bond acceptors (Lipinski definition) is 3. The van der Waals surface area contributed by atoms with E-state index < -0.39 is 5.97 Å². The van der Waals surface area contributed by atoms with Crippen molar-refractivity contribution in [2.45, 2.75) is 13.3 Å². The van der Waals surface area contributed by atoms with Crippen LogP contribution in [0.15, 0.2) is 24.3 Å². The highest BCUT2D eigenvalue weighted by Gasteiger charge is 2.28. The fraction of sp³-hybridized carbons (Fsp3) is 0.267. The minimum absolute atomic E-state index is 0.111. The number of anilines is 1. The van der Waals surface area contributed by atoms with Crippen LogP contribution in [-0.2, 0) is 13.5 Å². The van der Waals surface area contributed by atoms with Gasteiger partial charge in [-0.2, -0.15) is 5.10 Å². The molecule has 1 aromatic heterocycles. The lowest BCUT2D eigenvalue weighted by atomic mass is 10.1. The van der Waals surface area contributed by atoms with E-state index in [-0.39, 0.29) is 11.5 Å². The molecule has 21 heavy (non-hydrogen) atoms. The topological polar surface area (TPSA) is 75.4 Å². The number of benzene rings is 1. The summed E-state index contributed by atoms with van der Waals surface area (Å²) in [6.07, 6.45) is 0.666. The lowest BCUT2D eigenvalue weighted by molar-refractivity contribution is 0.0696. The van der Waals surface area contributed by atoms with Crippen LogP contribution in [0, 0.1) is 6.92 Å². The van der Waals surface area contributed by atoms with Crippen LogP contribution in [0.25, 0.3) is 0 Å². The molecule has 0 radical (unpaired) electrons. The standard InChI is InChI=1S/C15H15N3O3/c1-9-7-13(17(2)16-9)14(19)18-6-5-10-8-11(15(20)21)3-4-12(10)18/h3-4,7-8H,5-6H2,1-2H3,(H,20,21). The maximum absolute atomic E-state index is 12.6. The van der Waals surface area contributed by atoms with Gasteiger partial charge in [0, 0.05) is 19.3 Å². The molecule has 6 nitrogen and oxygen atoms in total. The smallest absolute Gasteiger partial charge is 0.335 e. The molecule has 0 aliphatic carbocycles. The van der Waals surface area contributed by atoms with Crippen LogP contribution in [0.3, 0.4) is 0 Å². The molecule has 1 aliphatic heterocycles. The van der Waals surface area contributed by atoms with Gasteiger partial charge < -0.3 is 10.0 Å². The van der Waals surface area contributed by atoms with Crippen molar-refractivity contribution < 1.29 is 14.7 Å². The number of aryl methyl sites for hydroxylation is 2. The maximum Gasteiger partial charge on any atom is 0.335 e. The summed E-state index contributed by atoms with van der Waals surface area (Å²) >= 11 is 0. The first-order valence-corrected chi connectivity index (χ1v) is 6.66. The first kappa shape index (κ1) is 13.4. The summed E-state index contributed by atoms with van der Waals surface area (Å²) in [5.74, 6) is -1.07. The van der Waals surface area contributed by atoms with Crippen LogP contribution in [0.5, 0.6) is 0 Å². The molecule has 1 amide bonds. The quantitative estimate of drug-likeness (QED) is 0.910. The fourth-order valence-corrected chi connectivity index (χ4v) is 2.69. The van der Waals surface area contributed by atoms with E-state index in [0.717, 1.165) is 16.9 Å². The third-order valence-electron chi connectivity index (χ3n) is 3.69. The molecule has 0 spiro atoms. The van der Waals surface area contributed by atoms with Gasteiger partial charge in [0.2, 0.25) is 0 Å². The lowest BCUT2D eigenvalue weighted by Gasteiger charge is -2.17. The molecule has 0 saturated carbocycles. The molecule has 2 heterocycles. The van der Waals surface area contributed by atoms with Gasteiger partial charge in [0.1, 0.15) is 5.69 Å². The zero-order chi connectivity index (χ0) is 15.1. The van der Waals surface area contributed by atoms with E-state index in [1.165, 1.54) is 6.07 Å². The predicted octanol–water partition coefficient (Wildman–Crippen LogP) is 1.63. The normalized spacial score (nSPS) is 13.3. The second-order valence-corrected chi connectivity index (χ2v) is 5.15. The van der Waals surface area contributed by atoms with Gasteiger partial charge in [-0.05, 0) is 43.2 Å².